The van der Waals surface area contributed by atoms with Gasteiger partial charge in [-0.05, 0) is 44.0 Å². The molecule has 25 heavy (non-hydrogen) atoms. The lowest BCUT2D eigenvalue weighted by atomic mass is 9.90. The normalized spacial score (nSPS) is 20.5. The van der Waals surface area contributed by atoms with Crippen LogP contribution in [0.2, 0.25) is 10.0 Å². The van der Waals surface area contributed by atoms with E-state index in [0.717, 1.165) is 0 Å². The van der Waals surface area contributed by atoms with Gasteiger partial charge in [-0.3, -0.25) is 9.59 Å². The van der Waals surface area contributed by atoms with E-state index < -0.39 is 11.9 Å². The zero-order valence-electron chi connectivity index (χ0n) is 13.5. The van der Waals surface area contributed by atoms with Crippen LogP contribution >= 0.6 is 23.2 Å². The highest BCUT2D eigenvalue weighted by atomic mass is 35.5. The van der Waals surface area contributed by atoms with E-state index in [1.165, 1.54) is 4.68 Å². The second-order valence-corrected chi connectivity index (χ2v) is 6.91. The Morgan fingerprint density at radius 2 is 2.04 bits per heavy atom. The van der Waals surface area contributed by atoms with Crippen molar-refractivity contribution in [2.45, 2.75) is 25.8 Å². The van der Waals surface area contributed by atoms with Gasteiger partial charge in [0.25, 0.3) is 5.91 Å². The van der Waals surface area contributed by atoms with Crippen LogP contribution in [0, 0.1) is 5.92 Å². The quantitative estimate of drug-likeness (QED) is 0.882. The topological polar surface area (TPSA) is 75.4 Å². The third-order valence-corrected chi connectivity index (χ3v) is 5.07. The van der Waals surface area contributed by atoms with Crippen LogP contribution in [0.3, 0.4) is 0 Å². The lowest BCUT2D eigenvalue weighted by Gasteiger charge is -2.37. The van der Waals surface area contributed by atoms with Crippen LogP contribution in [0.15, 0.2) is 30.5 Å². The number of hydrogen-bond donors (Lipinski definition) is 1. The fourth-order valence-corrected chi connectivity index (χ4v) is 3.64. The summed E-state index contributed by atoms with van der Waals surface area (Å²) in [6, 6.07) is 6.24. The van der Waals surface area contributed by atoms with Crippen LogP contribution in [0.1, 0.15) is 30.3 Å². The SMILES string of the molecule is C[C@@H]1[C@H](C(=O)O)CCCN1C(=O)c1ccn(-c2ccc(Cl)cc2Cl)n1. The smallest absolute Gasteiger partial charge is 0.308 e. The number of hydrogen-bond acceptors (Lipinski definition) is 3. The van der Waals surface area contributed by atoms with Crippen LogP contribution in [0.25, 0.3) is 5.69 Å². The molecule has 0 aliphatic carbocycles. The van der Waals surface area contributed by atoms with Crippen molar-refractivity contribution in [2.24, 2.45) is 5.92 Å². The first-order chi connectivity index (χ1) is 11.9. The molecule has 1 aromatic carbocycles. The van der Waals surface area contributed by atoms with Crippen molar-refractivity contribution in [3.63, 3.8) is 0 Å². The van der Waals surface area contributed by atoms with Crippen molar-refractivity contribution in [1.29, 1.82) is 0 Å². The molecule has 6 nitrogen and oxygen atoms in total. The molecule has 0 radical (unpaired) electrons. The number of carboxylic acid groups (broad SMARTS) is 1. The highest BCUT2D eigenvalue weighted by Gasteiger charge is 2.36. The van der Waals surface area contributed by atoms with Gasteiger partial charge in [-0.2, -0.15) is 5.10 Å². The summed E-state index contributed by atoms with van der Waals surface area (Å²) >= 11 is 12.1. The average molecular weight is 382 g/mol. The van der Waals surface area contributed by atoms with Crippen LogP contribution in [-0.4, -0.2) is 44.3 Å². The third-order valence-electron chi connectivity index (χ3n) is 4.53. The van der Waals surface area contributed by atoms with Crippen molar-refractivity contribution in [3.05, 3.63) is 46.2 Å². The molecular formula is C17H17Cl2N3O3. The predicted octanol–water partition coefficient (Wildman–Crippen LogP) is 3.50. The number of aromatic nitrogens is 2. The summed E-state index contributed by atoms with van der Waals surface area (Å²) in [6.45, 7) is 2.29. The number of carboxylic acids is 1. The van der Waals surface area contributed by atoms with Crippen LogP contribution in [0.5, 0.6) is 0 Å². The molecule has 0 saturated carbocycles. The Balaban J connectivity index is 1.84. The molecule has 3 rings (SSSR count). The molecule has 0 unspecified atom stereocenters. The fraction of sp³-hybridized carbons (Fsp3) is 0.353. The molecule has 1 aromatic heterocycles. The molecule has 0 bridgehead atoms. The van der Waals surface area contributed by atoms with Crippen molar-refractivity contribution in [3.8, 4) is 5.69 Å². The van der Waals surface area contributed by atoms with Crippen LogP contribution in [-0.2, 0) is 4.79 Å². The van der Waals surface area contributed by atoms with E-state index >= 15 is 0 Å². The molecule has 2 heterocycles. The summed E-state index contributed by atoms with van der Waals surface area (Å²) < 4.78 is 1.51. The van der Waals surface area contributed by atoms with E-state index in [4.69, 9.17) is 23.2 Å². The number of carbonyl (C=O) groups is 2. The minimum Gasteiger partial charge on any atom is -0.481 e. The Morgan fingerprint density at radius 3 is 2.72 bits per heavy atom. The number of aliphatic carboxylic acids is 1. The van der Waals surface area contributed by atoms with Gasteiger partial charge in [-0.25, -0.2) is 4.68 Å². The average Bonchev–Trinajstić information content (AvgIpc) is 3.04. The Morgan fingerprint density at radius 1 is 1.28 bits per heavy atom. The number of carbonyl (C=O) groups excluding carboxylic acids is 1. The number of benzene rings is 1. The molecule has 132 valence electrons. The molecule has 2 aromatic rings. The second-order valence-electron chi connectivity index (χ2n) is 6.07. The molecular weight excluding hydrogens is 365 g/mol. The highest BCUT2D eigenvalue weighted by molar-refractivity contribution is 6.35. The van der Waals surface area contributed by atoms with Crippen molar-refractivity contribution < 1.29 is 14.7 Å². The van der Waals surface area contributed by atoms with E-state index in [2.05, 4.69) is 5.10 Å². The zero-order valence-corrected chi connectivity index (χ0v) is 15.0. The van der Waals surface area contributed by atoms with E-state index in [1.54, 1.807) is 42.3 Å². The molecule has 1 aliphatic rings. The highest BCUT2D eigenvalue weighted by Crippen LogP contribution is 2.26. The lowest BCUT2D eigenvalue weighted by Crippen LogP contribution is -2.49. The van der Waals surface area contributed by atoms with E-state index in [1.807, 2.05) is 0 Å². The fourth-order valence-electron chi connectivity index (χ4n) is 3.15. The predicted molar refractivity (Wildman–Crippen MR) is 94.4 cm³/mol. The maximum atomic E-state index is 12.8. The van der Waals surface area contributed by atoms with Gasteiger partial charge in [0.05, 0.1) is 16.6 Å². The number of piperidine rings is 1. The third kappa shape index (κ3) is 3.50. The van der Waals surface area contributed by atoms with Crippen molar-refractivity contribution >= 4 is 35.1 Å². The standard InChI is InChI=1S/C17H17Cl2N3O3/c1-10-12(17(24)25)3-2-7-21(10)16(23)14-6-8-22(20-14)15-5-4-11(18)9-13(15)19/h4-6,8-10,12H,2-3,7H2,1H3,(H,24,25)/t10-,12-/m1/s1. The Bertz CT molecular complexity index is 821. The van der Waals surface area contributed by atoms with Gasteiger partial charge < -0.3 is 10.0 Å². The van der Waals surface area contributed by atoms with Gasteiger partial charge in [-0.15, -0.1) is 0 Å². The van der Waals surface area contributed by atoms with Crippen molar-refractivity contribution in [2.75, 3.05) is 6.54 Å². The monoisotopic (exact) mass is 381 g/mol. The minimum absolute atomic E-state index is 0.254. The van der Waals surface area contributed by atoms with E-state index in [0.29, 0.717) is 35.1 Å². The first-order valence-electron chi connectivity index (χ1n) is 7.93. The summed E-state index contributed by atoms with van der Waals surface area (Å²) in [5.41, 5.74) is 0.865. The second kappa shape index (κ2) is 7.06. The maximum Gasteiger partial charge on any atom is 0.308 e. The van der Waals surface area contributed by atoms with Gasteiger partial charge in [0, 0.05) is 23.8 Å². The lowest BCUT2D eigenvalue weighted by molar-refractivity contribution is -0.144. The first kappa shape index (κ1) is 17.8. The maximum absolute atomic E-state index is 12.8. The summed E-state index contributed by atoms with van der Waals surface area (Å²) in [4.78, 5) is 25.7. The summed E-state index contributed by atoms with van der Waals surface area (Å²) in [5, 5.41) is 14.5. The number of nitrogens with zero attached hydrogens (tertiary/aromatic N) is 3. The van der Waals surface area contributed by atoms with Gasteiger partial charge >= 0.3 is 5.97 Å². The number of halogens is 2. The summed E-state index contributed by atoms with van der Waals surface area (Å²) in [5.74, 6) is -1.70. The molecule has 1 N–H and O–H groups in total. The molecule has 0 spiro atoms. The number of amides is 1. The molecule has 1 saturated heterocycles. The van der Waals surface area contributed by atoms with Gasteiger partial charge in [0.15, 0.2) is 5.69 Å². The van der Waals surface area contributed by atoms with Crippen molar-refractivity contribution in [1.82, 2.24) is 14.7 Å². The van der Waals surface area contributed by atoms with Gasteiger partial charge in [0.2, 0.25) is 0 Å². The number of rotatable bonds is 3. The Kier molecular flexibility index (Phi) is 5.01. The van der Waals surface area contributed by atoms with Gasteiger partial charge in [-0.1, -0.05) is 23.2 Å². The molecule has 1 amide bonds. The number of likely N-dealkylation sites (tertiary alicyclic amines) is 1. The zero-order chi connectivity index (χ0) is 18.1. The minimum atomic E-state index is -0.872. The molecule has 2 atom stereocenters. The largest absolute Gasteiger partial charge is 0.481 e. The van der Waals surface area contributed by atoms with Gasteiger partial charge in [0.1, 0.15) is 0 Å². The van der Waals surface area contributed by atoms with E-state index in [-0.39, 0.29) is 17.6 Å². The first-order valence-corrected chi connectivity index (χ1v) is 8.69. The van der Waals surface area contributed by atoms with Crippen LogP contribution < -0.4 is 0 Å². The Hall–Kier alpha value is -2.05. The molecule has 8 heteroatoms. The Labute approximate surface area is 154 Å². The summed E-state index contributed by atoms with van der Waals surface area (Å²) in [7, 11) is 0. The van der Waals surface area contributed by atoms with E-state index in [9.17, 15) is 14.7 Å². The molecule has 1 fully saturated rings. The summed E-state index contributed by atoms with van der Waals surface area (Å²) in [6.07, 6.45) is 2.89. The molecule has 1 aliphatic heterocycles. The van der Waals surface area contributed by atoms with Crippen LogP contribution in [0.4, 0.5) is 0 Å².